The van der Waals surface area contributed by atoms with Crippen LogP contribution in [0.25, 0.3) is 15.9 Å². The Bertz CT molecular complexity index is 1200. The topological polar surface area (TPSA) is 51.0 Å². The summed E-state index contributed by atoms with van der Waals surface area (Å²) in [4.78, 5) is 21.1. The number of benzene rings is 2. The van der Waals surface area contributed by atoms with Crippen molar-refractivity contribution in [2.45, 2.75) is 37.6 Å². The maximum Gasteiger partial charge on any atom is 0.233 e. The zero-order valence-electron chi connectivity index (χ0n) is 17.6. The number of para-hydroxylation sites is 2. The second-order valence-corrected chi connectivity index (χ2v) is 9.85. The number of amides is 1. The van der Waals surface area contributed by atoms with E-state index < -0.39 is 0 Å². The minimum Gasteiger partial charge on any atom is -0.332 e. The molecular formula is C24H24N4OS2. The van der Waals surface area contributed by atoms with Gasteiger partial charge >= 0.3 is 0 Å². The van der Waals surface area contributed by atoms with Gasteiger partial charge in [-0.25, -0.2) is 9.67 Å². The molecule has 1 amide bonds. The first-order valence-corrected chi connectivity index (χ1v) is 12.3. The van der Waals surface area contributed by atoms with Gasteiger partial charge in [-0.1, -0.05) is 30.3 Å². The highest BCUT2D eigenvalue weighted by Crippen LogP contribution is 2.37. The van der Waals surface area contributed by atoms with Crippen LogP contribution in [-0.2, 0) is 4.79 Å². The molecule has 5 rings (SSSR count). The van der Waals surface area contributed by atoms with Gasteiger partial charge in [-0.2, -0.15) is 5.10 Å². The summed E-state index contributed by atoms with van der Waals surface area (Å²) in [7, 11) is 0. The SMILES string of the molecule is Cc1nn(-c2ccccc2)c(C)c1SCC(=O)N1CCC[C@@H]1c1nc2ccccc2s1. The predicted molar refractivity (Wildman–Crippen MR) is 127 cm³/mol. The Kier molecular flexibility index (Phi) is 5.54. The lowest BCUT2D eigenvalue weighted by Gasteiger charge is -2.23. The summed E-state index contributed by atoms with van der Waals surface area (Å²) in [5.41, 5.74) is 4.10. The average molecular weight is 449 g/mol. The lowest BCUT2D eigenvalue weighted by molar-refractivity contribution is -0.129. The zero-order valence-corrected chi connectivity index (χ0v) is 19.2. The van der Waals surface area contributed by atoms with Crippen molar-refractivity contribution in [3.8, 4) is 5.69 Å². The number of aromatic nitrogens is 3. The fourth-order valence-corrected chi connectivity index (χ4v) is 6.32. The molecule has 1 aliphatic rings. The molecule has 4 aromatic rings. The van der Waals surface area contributed by atoms with Crippen molar-refractivity contribution in [3.63, 3.8) is 0 Å². The average Bonchev–Trinajstić information content (AvgIpc) is 3.50. The monoisotopic (exact) mass is 448 g/mol. The summed E-state index contributed by atoms with van der Waals surface area (Å²) in [5, 5.41) is 5.76. The molecule has 1 saturated heterocycles. The first-order chi connectivity index (χ1) is 15.1. The maximum absolute atomic E-state index is 13.2. The van der Waals surface area contributed by atoms with E-state index in [-0.39, 0.29) is 11.9 Å². The van der Waals surface area contributed by atoms with Gasteiger partial charge in [0.2, 0.25) is 5.91 Å². The van der Waals surface area contributed by atoms with Gasteiger partial charge in [0.1, 0.15) is 5.01 Å². The first-order valence-electron chi connectivity index (χ1n) is 10.5. The predicted octanol–water partition coefficient (Wildman–Crippen LogP) is 5.55. The van der Waals surface area contributed by atoms with Crippen molar-refractivity contribution in [1.29, 1.82) is 0 Å². The van der Waals surface area contributed by atoms with Gasteiger partial charge in [0.25, 0.3) is 0 Å². The van der Waals surface area contributed by atoms with Crippen molar-refractivity contribution >= 4 is 39.2 Å². The molecule has 7 heteroatoms. The van der Waals surface area contributed by atoms with E-state index in [4.69, 9.17) is 10.1 Å². The Morgan fingerprint density at radius 1 is 1.13 bits per heavy atom. The molecule has 1 aliphatic heterocycles. The number of hydrogen-bond donors (Lipinski definition) is 0. The molecule has 5 nitrogen and oxygen atoms in total. The first kappa shape index (κ1) is 20.3. The minimum atomic E-state index is 0.0970. The maximum atomic E-state index is 13.2. The van der Waals surface area contributed by atoms with Crippen LogP contribution >= 0.6 is 23.1 Å². The molecule has 0 bridgehead atoms. The Hall–Kier alpha value is -2.64. The second-order valence-electron chi connectivity index (χ2n) is 7.80. The summed E-state index contributed by atoms with van der Waals surface area (Å²) in [6, 6.07) is 18.4. The van der Waals surface area contributed by atoms with Gasteiger partial charge in [0.05, 0.1) is 44.0 Å². The van der Waals surface area contributed by atoms with Crippen LogP contribution in [0.1, 0.15) is 35.3 Å². The molecule has 0 radical (unpaired) electrons. The molecule has 0 spiro atoms. The third kappa shape index (κ3) is 3.88. The largest absolute Gasteiger partial charge is 0.332 e. The molecule has 1 fully saturated rings. The Labute approximate surface area is 190 Å². The molecule has 31 heavy (non-hydrogen) atoms. The van der Waals surface area contributed by atoms with Crippen molar-refractivity contribution in [1.82, 2.24) is 19.7 Å². The number of fused-ring (bicyclic) bond motifs is 1. The van der Waals surface area contributed by atoms with Crippen LogP contribution < -0.4 is 0 Å². The summed E-state index contributed by atoms with van der Waals surface area (Å²) in [5.74, 6) is 0.599. The van der Waals surface area contributed by atoms with Gasteiger partial charge in [-0.15, -0.1) is 23.1 Å². The Balaban J connectivity index is 1.32. The molecular weight excluding hydrogens is 424 g/mol. The van der Waals surface area contributed by atoms with E-state index in [2.05, 4.69) is 13.0 Å². The van der Waals surface area contributed by atoms with Crippen molar-refractivity contribution in [3.05, 3.63) is 71.0 Å². The number of thioether (sulfide) groups is 1. The second kappa shape index (κ2) is 8.48. The number of rotatable bonds is 5. The Morgan fingerprint density at radius 2 is 1.90 bits per heavy atom. The van der Waals surface area contributed by atoms with Crippen LogP contribution in [-0.4, -0.2) is 37.9 Å². The smallest absolute Gasteiger partial charge is 0.233 e. The highest BCUT2D eigenvalue weighted by atomic mass is 32.2. The van der Waals surface area contributed by atoms with E-state index in [0.29, 0.717) is 5.75 Å². The van der Waals surface area contributed by atoms with E-state index in [1.807, 2.05) is 65.0 Å². The van der Waals surface area contributed by atoms with E-state index in [1.54, 1.807) is 23.1 Å². The molecule has 2 aromatic heterocycles. The van der Waals surface area contributed by atoms with Crippen LogP contribution in [0.3, 0.4) is 0 Å². The third-order valence-corrected chi connectivity index (χ3v) is 8.14. The van der Waals surface area contributed by atoms with Crippen molar-refractivity contribution in [2.24, 2.45) is 0 Å². The normalized spacial score (nSPS) is 16.3. The van der Waals surface area contributed by atoms with E-state index in [1.165, 1.54) is 4.70 Å². The van der Waals surface area contributed by atoms with Crippen LogP contribution in [0.2, 0.25) is 0 Å². The molecule has 1 atom stereocenters. The molecule has 158 valence electrons. The number of aryl methyl sites for hydroxylation is 1. The van der Waals surface area contributed by atoms with E-state index in [0.717, 1.165) is 51.9 Å². The highest BCUT2D eigenvalue weighted by Gasteiger charge is 2.32. The molecule has 3 heterocycles. The highest BCUT2D eigenvalue weighted by molar-refractivity contribution is 8.00. The van der Waals surface area contributed by atoms with E-state index in [9.17, 15) is 4.79 Å². The quantitative estimate of drug-likeness (QED) is 0.375. The lowest BCUT2D eigenvalue weighted by Crippen LogP contribution is -2.31. The van der Waals surface area contributed by atoms with E-state index >= 15 is 0 Å². The molecule has 0 N–H and O–H groups in total. The summed E-state index contributed by atoms with van der Waals surface area (Å²) >= 11 is 3.31. The van der Waals surface area contributed by atoms with Crippen molar-refractivity contribution < 1.29 is 4.79 Å². The van der Waals surface area contributed by atoms with Gasteiger partial charge in [0, 0.05) is 6.54 Å². The molecule has 0 aliphatic carbocycles. The number of likely N-dealkylation sites (tertiary alicyclic amines) is 1. The molecule has 0 unspecified atom stereocenters. The van der Waals surface area contributed by atoms with Gasteiger partial charge in [0.15, 0.2) is 0 Å². The number of nitrogens with zero attached hydrogens (tertiary/aromatic N) is 4. The van der Waals surface area contributed by atoms with Gasteiger partial charge < -0.3 is 4.90 Å². The van der Waals surface area contributed by atoms with Crippen LogP contribution in [0, 0.1) is 13.8 Å². The van der Waals surface area contributed by atoms with Gasteiger partial charge in [-0.05, 0) is 51.0 Å². The number of carbonyl (C=O) groups is 1. The minimum absolute atomic E-state index is 0.0970. The number of hydrogen-bond acceptors (Lipinski definition) is 5. The fraction of sp³-hybridized carbons (Fsp3) is 0.292. The van der Waals surface area contributed by atoms with Gasteiger partial charge in [-0.3, -0.25) is 4.79 Å². The molecule has 0 saturated carbocycles. The standard InChI is InChI=1S/C24H24N4OS2/c1-16-23(17(2)28(26-16)18-9-4-3-5-10-18)30-15-22(29)27-14-8-12-20(27)24-25-19-11-6-7-13-21(19)31-24/h3-7,9-11,13,20H,8,12,14-15H2,1-2H3/t20-/m1/s1. The number of thiazole rings is 1. The van der Waals surface area contributed by atoms with Crippen LogP contribution in [0.4, 0.5) is 0 Å². The fourth-order valence-electron chi connectivity index (χ4n) is 4.23. The summed E-state index contributed by atoms with van der Waals surface area (Å²) < 4.78 is 3.15. The summed E-state index contributed by atoms with van der Waals surface area (Å²) in [6.45, 7) is 4.89. The Morgan fingerprint density at radius 3 is 2.71 bits per heavy atom. The third-order valence-electron chi connectivity index (χ3n) is 5.73. The van der Waals surface area contributed by atoms with Crippen LogP contribution in [0.15, 0.2) is 59.5 Å². The van der Waals surface area contributed by atoms with Crippen molar-refractivity contribution in [2.75, 3.05) is 12.3 Å². The summed E-state index contributed by atoms with van der Waals surface area (Å²) in [6.07, 6.45) is 2.02. The molecule has 2 aromatic carbocycles. The number of carbonyl (C=O) groups excluding carboxylic acids is 1. The lowest BCUT2D eigenvalue weighted by atomic mass is 10.2. The zero-order chi connectivity index (χ0) is 21.4. The van der Waals surface area contributed by atoms with Crippen LogP contribution in [0.5, 0.6) is 0 Å².